The van der Waals surface area contributed by atoms with Crippen molar-refractivity contribution in [1.82, 2.24) is 25.7 Å². The fourth-order valence-corrected chi connectivity index (χ4v) is 4.31. The Morgan fingerprint density at radius 3 is 2.31 bits per heavy atom. The van der Waals surface area contributed by atoms with Gasteiger partial charge >= 0.3 is 12.1 Å². The molecule has 5 amide bonds. The molecule has 2 atom stereocenters. The fraction of sp³-hybridized carbons (Fsp3) is 0.778. The van der Waals surface area contributed by atoms with E-state index >= 15 is 0 Å². The molecular weight excluding hydrogens is 382 g/mol. The second-order valence-electron chi connectivity index (χ2n) is 9.44. The molecule has 4 rings (SSSR count). The Hall–Kier alpha value is -2.56. The Bertz CT molecular complexity index is 754. The number of fused-ring (bicyclic) bond motifs is 3. The van der Waals surface area contributed by atoms with Crippen LogP contribution in [-0.2, 0) is 14.3 Å². The highest BCUT2D eigenvalue weighted by Gasteiger charge is 2.63. The highest BCUT2D eigenvalue weighted by Crippen LogP contribution is 2.58. The highest BCUT2D eigenvalue weighted by atomic mass is 16.6. The SMILES string of the molecule is CC(C)(C)OC(=O)N1CC(C(=O)NNC(=O)[C@H]2CC3(CC3)[C@H]3CN2C(=O)N3O)C1. The highest BCUT2D eigenvalue weighted by molar-refractivity contribution is 5.91. The molecule has 29 heavy (non-hydrogen) atoms. The van der Waals surface area contributed by atoms with Gasteiger partial charge in [-0.05, 0) is 45.4 Å². The summed E-state index contributed by atoms with van der Waals surface area (Å²) in [6, 6.07) is -1.56. The Morgan fingerprint density at radius 1 is 1.10 bits per heavy atom. The molecule has 3 heterocycles. The van der Waals surface area contributed by atoms with Crippen LogP contribution in [0.15, 0.2) is 0 Å². The summed E-state index contributed by atoms with van der Waals surface area (Å²) in [5.74, 6) is -1.31. The maximum atomic E-state index is 12.6. The number of hydrogen-bond acceptors (Lipinski definition) is 6. The number of hydrazine groups is 1. The lowest BCUT2D eigenvalue weighted by Gasteiger charge is -2.39. The summed E-state index contributed by atoms with van der Waals surface area (Å²) in [7, 11) is 0. The first kappa shape index (κ1) is 19.7. The standard InChI is InChI=1S/C18H27N5O6/c1-17(2,3)29-16(27)21-7-10(8-21)13(24)19-20-14(25)11-6-18(4-5-18)12-9-22(11)15(26)23(12)28/h10-12,28H,4-9H2,1-3H3,(H,19,24)(H,20,25)/t11-,12-/m1/s1. The van der Waals surface area contributed by atoms with Gasteiger partial charge in [0.25, 0.3) is 5.91 Å². The van der Waals surface area contributed by atoms with Crippen LogP contribution in [0.1, 0.15) is 40.0 Å². The molecular formula is C18H27N5O6. The van der Waals surface area contributed by atoms with Crippen molar-refractivity contribution in [2.24, 2.45) is 11.3 Å². The average Bonchev–Trinajstić information content (AvgIpc) is 3.29. The van der Waals surface area contributed by atoms with Crippen LogP contribution in [0.2, 0.25) is 0 Å². The first-order valence-corrected chi connectivity index (χ1v) is 9.87. The van der Waals surface area contributed by atoms with Crippen molar-refractivity contribution in [3.63, 3.8) is 0 Å². The number of urea groups is 1. The average molecular weight is 409 g/mol. The van der Waals surface area contributed by atoms with Crippen molar-refractivity contribution in [3.05, 3.63) is 0 Å². The molecule has 0 aromatic carbocycles. The Kier molecular flexibility index (Phi) is 4.41. The molecule has 1 aliphatic carbocycles. The quantitative estimate of drug-likeness (QED) is 0.436. The number of carbonyl (C=O) groups excluding carboxylic acids is 4. The lowest BCUT2D eigenvalue weighted by Crippen LogP contribution is -2.61. The maximum Gasteiger partial charge on any atom is 0.410 e. The smallest absolute Gasteiger partial charge is 0.410 e. The van der Waals surface area contributed by atoms with Crippen LogP contribution in [0.4, 0.5) is 9.59 Å². The van der Waals surface area contributed by atoms with Crippen LogP contribution in [-0.4, -0.2) is 81.3 Å². The van der Waals surface area contributed by atoms with Gasteiger partial charge in [-0.2, -0.15) is 0 Å². The molecule has 3 aliphatic heterocycles. The number of rotatable bonds is 2. The van der Waals surface area contributed by atoms with Gasteiger partial charge in [-0.25, -0.2) is 14.7 Å². The number of ether oxygens (including phenoxy) is 1. The van der Waals surface area contributed by atoms with Crippen molar-refractivity contribution < 1.29 is 29.1 Å². The molecule has 11 heteroatoms. The number of likely N-dealkylation sites (tertiary alicyclic amines) is 1. The summed E-state index contributed by atoms with van der Waals surface area (Å²) >= 11 is 0. The van der Waals surface area contributed by atoms with E-state index in [4.69, 9.17) is 4.74 Å². The number of piperidine rings is 1. The number of amides is 5. The molecule has 0 unspecified atom stereocenters. The zero-order valence-corrected chi connectivity index (χ0v) is 16.8. The molecule has 4 fully saturated rings. The number of nitrogens with zero attached hydrogens (tertiary/aromatic N) is 3. The summed E-state index contributed by atoms with van der Waals surface area (Å²) in [4.78, 5) is 51.8. The van der Waals surface area contributed by atoms with Crippen LogP contribution < -0.4 is 10.9 Å². The predicted octanol–water partition coefficient (Wildman–Crippen LogP) is 0.0486. The van der Waals surface area contributed by atoms with Crippen LogP contribution >= 0.6 is 0 Å². The van der Waals surface area contributed by atoms with E-state index in [0.29, 0.717) is 13.0 Å². The third-order valence-corrected chi connectivity index (χ3v) is 6.20. The van der Waals surface area contributed by atoms with Crippen molar-refractivity contribution in [1.29, 1.82) is 0 Å². The lowest BCUT2D eigenvalue weighted by molar-refractivity contribution is -0.136. The zero-order chi connectivity index (χ0) is 21.1. The monoisotopic (exact) mass is 409 g/mol. The van der Waals surface area contributed by atoms with E-state index in [-0.39, 0.29) is 24.5 Å². The van der Waals surface area contributed by atoms with Gasteiger partial charge in [-0.3, -0.25) is 25.6 Å². The summed E-state index contributed by atoms with van der Waals surface area (Å²) in [5, 5.41) is 10.8. The Morgan fingerprint density at radius 2 is 1.72 bits per heavy atom. The molecule has 0 aromatic rings. The summed E-state index contributed by atoms with van der Waals surface area (Å²) < 4.78 is 5.24. The minimum Gasteiger partial charge on any atom is -0.444 e. The van der Waals surface area contributed by atoms with Gasteiger partial charge in [0.15, 0.2) is 0 Å². The van der Waals surface area contributed by atoms with Gasteiger partial charge in [0, 0.05) is 19.6 Å². The van der Waals surface area contributed by atoms with E-state index in [1.165, 1.54) is 9.80 Å². The Balaban J connectivity index is 1.26. The number of carbonyl (C=O) groups is 4. The van der Waals surface area contributed by atoms with Crippen LogP contribution in [0.3, 0.4) is 0 Å². The Labute approximate surface area is 168 Å². The van der Waals surface area contributed by atoms with Crippen molar-refractivity contribution >= 4 is 23.9 Å². The van der Waals surface area contributed by atoms with Crippen LogP contribution in [0.25, 0.3) is 0 Å². The zero-order valence-electron chi connectivity index (χ0n) is 16.8. The van der Waals surface area contributed by atoms with E-state index in [0.717, 1.165) is 17.9 Å². The minimum absolute atomic E-state index is 0.203. The van der Waals surface area contributed by atoms with E-state index in [1.807, 2.05) is 0 Å². The molecule has 1 spiro atoms. The molecule has 4 aliphatic rings. The molecule has 0 radical (unpaired) electrons. The van der Waals surface area contributed by atoms with Crippen molar-refractivity contribution in [3.8, 4) is 0 Å². The third-order valence-electron chi connectivity index (χ3n) is 6.20. The van der Waals surface area contributed by atoms with Gasteiger partial charge < -0.3 is 14.5 Å². The van der Waals surface area contributed by atoms with Gasteiger partial charge in [0.05, 0.1) is 12.0 Å². The van der Waals surface area contributed by atoms with Gasteiger partial charge in [-0.1, -0.05) is 0 Å². The van der Waals surface area contributed by atoms with E-state index in [2.05, 4.69) is 10.9 Å². The van der Waals surface area contributed by atoms with Crippen LogP contribution in [0, 0.1) is 11.3 Å². The molecule has 3 saturated heterocycles. The van der Waals surface area contributed by atoms with E-state index < -0.39 is 41.5 Å². The van der Waals surface area contributed by atoms with Gasteiger partial charge in [0.1, 0.15) is 11.6 Å². The van der Waals surface area contributed by atoms with E-state index in [1.54, 1.807) is 20.8 Å². The lowest BCUT2D eigenvalue weighted by atomic mass is 9.85. The molecule has 2 bridgehead atoms. The van der Waals surface area contributed by atoms with Crippen LogP contribution in [0.5, 0.6) is 0 Å². The van der Waals surface area contributed by atoms with Crippen molar-refractivity contribution in [2.45, 2.75) is 57.7 Å². The molecule has 0 aromatic heterocycles. The topological polar surface area (TPSA) is 132 Å². The molecule has 1 saturated carbocycles. The number of hydrogen-bond donors (Lipinski definition) is 3. The second kappa shape index (κ2) is 6.48. The normalized spacial score (nSPS) is 27.6. The fourth-order valence-electron chi connectivity index (χ4n) is 4.31. The minimum atomic E-state index is -0.724. The second-order valence-corrected chi connectivity index (χ2v) is 9.44. The third kappa shape index (κ3) is 3.47. The largest absolute Gasteiger partial charge is 0.444 e. The summed E-state index contributed by atoms with van der Waals surface area (Å²) in [6.07, 6.45) is 1.74. The number of nitrogens with one attached hydrogen (secondary N) is 2. The summed E-state index contributed by atoms with van der Waals surface area (Å²) in [6.45, 7) is 6.05. The molecule has 3 N–H and O–H groups in total. The summed E-state index contributed by atoms with van der Waals surface area (Å²) in [5.41, 5.74) is 3.98. The first-order valence-electron chi connectivity index (χ1n) is 9.87. The molecule has 160 valence electrons. The molecule has 11 nitrogen and oxygen atoms in total. The van der Waals surface area contributed by atoms with Crippen molar-refractivity contribution in [2.75, 3.05) is 19.6 Å². The first-order chi connectivity index (χ1) is 13.5. The van der Waals surface area contributed by atoms with Gasteiger partial charge in [-0.15, -0.1) is 0 Å². The van der Waals surface area contributed by atoms with Gasteiger partial charge in [0.2, 0.25) is 5.91 Å². The predicted molar refractivity (Wildman–Crippen MR) is 97.2 cm³/mol. The van der Waals surface area contributed by atoms with E-state index in [9.17, 15) is 24.4 Å². The maximum absolute atomic E-state index is 12.6. The number of hydroxylamine groups is 2.